The zero-order valence-corrected chi connectivity index (χ0v) is 10.9. The van der Waals surface area contributed by atoms with Crippen LogP contribution < -0.4 is 0 Å². The molecular formula is C13H13N3O4. The second-order valence-electron chi connectivity index (χ2n) is 4.55. The second-order valence-corrected chi connectivity index (χ2v) is 4.55. The fourth-order valence-electron chi connectivity index (χ4n) is 1.73. The van der Waals surface area contributed by atoms with Gasteiger partial charge in [-0.05, 0) is 26.0 Å². The number of hydrogen-bond donors (Lipinski definition) is 2. The van der Waals surface area contributed by atoms with Crippen LogP contribution in [0.1, 0.15) is 40.6 Å². The average molecular weight is 275 g/mol. The number of aromatic carboxylic acids is 2. The number of benzene rings is 1. The van der Waals surface area contributed by atoms with E-state index < -0.39 is 11.9 Å². The minimum absolute atomic E-state index is 0.133. The van der Waals surface area contributed by atoms with Gasteiger partial charge in [-0.15, -0.1) is 5.10 Å². The molecule has 2 rings (SSSR count). The summed E-state index contributed by atoms with van der Waals surface area (Å²) in [6.07, 6.45) is 1.69. The zero-order chi connectivity index (χ0) is 14.9. The number of carboxylic acid groups (broad SMARTS) is 2. The Hall–Kier alpha value is -2.70. The van der Waals surface area contributed by atoms with Gasteiger partial charge in [-0.3, -0.25) is 0 Å². The first-order chi connectivity index (χ1) is 9.40. The summed E-state index contributed by atoms with van der Waals surface area (Å²) in [6, 6.07) is 4.20. The van der Waals surface area contributed by atoms with Crippen molar-refractivity contribution >= 4 is 11.9 Å². The van der Waals surface area contributed by atoms with Gasteiger partial charge in [0.05, 0.1) is 17.3 Å². The van der Waals surface area contributed by atoms with Crippen LogP contribution in [0.15, 0.2) is 24.4 Å². The van der Waals surface area contributed by atoms with Crippen LogP contribution in [0.25, 0.3) is 11.3 Å². The van der Waals surface area contributed by atoms with Gasteiger partial charge in [-0.2, -0.15) is 0 Å². The van der Waals surface area contributed by atoms with Gasteiger partial charge in [0, 0.05) is 11.6 Å². The molecule has 0 aliphatic carbocycles. The summed E-state index contributed by atoms with van der Waals surface area (Å²) in [6.45, 7) is 3.88. The highest BCUT2D eigenvalue weighted by atomic mass is 16.4. The number of carboxylic acids is 2. The Kier molecular flexibility index (Phi) is 3.51. The first-order valence-corrected chi connectivity index (χ1v) is 5.93. The van der Waals surface area contributed by atoms with E-state index >= 15 is 0 Å². The van der Waals surface area contributed by atoms with Crippen LogP contribution in [0.3, 0.4) is 0 Å². The molecule has 0 saturated carbocycles. The maximum atomic E-state index is 11.1. The topological polar surface area (TPSA) is 105 Å². The maximum Gasteiger partial charge on any atom is 0.336 e. The second kappa shape index (κ2) is 5.12. The van der Waals surface area contributed by atoms with Gasteiger partial charge >= 0.3 is 11.9 Å². The fraction of sp³-hybridized carbons (Fsp3) is 0.231. The van der Waals surface area contributed by atoms with Gasteiger partial charge in [-0.25, -0.2) is 14.3 Å². The zero-order valence-electron chi connectivity index (χ0n) is 10.9. The molecule has 0 aliphatic heterocycles. The summed E-state index contributed by atoms with van der Waals surface area (Å²) in [5, 5.41) is 25.9. The lowest BCUT2D eigenvalue weighted by molar-refractivity contribution is 0.0651. The molecule has 0 radical (unpaired) electrons. The number of rotatable bonds is 4. The fourth-order valence-corrected chi connectivity index (χ4v) is 1.73. The molecule has 7 nitrogen and oxygen atoms in total. The predicted molar refractivity (Wildman–Crippen MR) is 69.8 cm³/mol. The number of nitrogens with zero attached hydrogens (tertiary/aromatic N) is 3. The van der Waals surface area contributed by atoms with Gasteiger partial charge in [0.2, 0.25) is 0 Å². The Labute approximate surface area is 114 Å². The molecule has 0 amide bonds. The predicted octanol–water partition coefficient (Wildman–Crippen LogP) is 1.92. The monoisotopic (exact) mass is 275 g/mol. The Morgan fingerprint density at radius 1 is 1.15 bits per heavy atom. The van der Waals surface area contributed by atoms with E-state index in [9.17, 15) is 9.59 Å². The van der Waals surface area contributed by atoms with E-state index in [0.717, 1.165) is 0 Å². The van der Waals surface area contributed by atoms with Crippen molar-refractivity contribution in [2.75, 3.05) is 0 Å². The third-order valence-corrected chi connectivity index (χ3v) is 2.82. The average Bonchev–Trinajstić information content (AvgIpc) is 2.87. The molecule has 7 heteroatoms. The third-order valence-electron chi connectivity index (χ3n) is 2.82. The summed E-state index contributed by atoms with van der Waals surface area (Å²) in [7, 11) is 0. The Morgan fingerprint density at radius 3 is 2.30 bits per heavy atom. The van der Waals surface area contributed by atoms with Crippen LogP contribution in [0, 0.1) is 0 Å². The molecule has 20 heavy (non-hydrogen) atoms. The molecule has 2 N–H and O–H groups in total. The standard InChI is InChI=1S/C13H13N3O4/c1-7(2)16-6-11(14-15-16)8-3-4-9(12(17)18)10(5-8)13(19)20/h3-7H,1-2H3,(H,17,18)(H,19,20). The van der Waals surface area contributed by atoms with Crippen LogP contribution in [-0.4, -0.2) is 37.1 Å². The highest BCUT2D eigenvalue weighted by Gasteiger charge is 2.17. The molecule has 2 aromatic rings. The summed E-state index contributed by atoms with van der Waals surface area (Å²) in [5.74, 6) is -2.57. The molecule has 0 saturated heterocycles. The van der Waals surface area contributed by atoms with Crippen LogP contribution in [-0.2, 0) is 0 Å². The van der Waals surface area contributed by atoms with E-state index in [1.165, 1.54) is 18.2 Å². The van der Waals surface area contributed by atoms with Crippen molar-refractivity contribution < 1.29 is 19.8 Å². The SMILES string of the molecule is CC(C)n1cc(-c2ccc(C(=O)O)c(C(=O)O)c2)nn1. The normalized spacial score (nSPS) is 10.8. The maximum absolute atomic E-state index is 11.1. The molecule has 1 heterocycles. The number of hydrogen-bond acceptors (Lipinski definition) is 4. The largest absolute Gasteiger partial charge is 0.478 e. The molecule has 0 atom stereocenters. The van der Waals surface area contributed by atoms with E-state index in [2.05, 4.69) is 10.3 Å². The van der Waals surface area contributed by atoms with E-state index in [-0.39, 0.29) is 17.2 Å². The van der Waals surface area contributed by atoms with Crippen molar-refractivity contribution in [1.29, 1.82) is 0 Å². The van der Waals surface area contributed by atoms with Crippen molar-refractivity contribution in [3.63, 3.8) is 0 Å². The lowest BCUT2D eigenvalue weighted by atomic mass is 10.0. The molecule has 0 aliphatic rings. The van der Waals surface area contributed by atoms with Gasteiger partial charge in [0.25, 0.3) is 0 Å². The molecule has 0 unspecified atom stereocenters. The van der Waals surface area contributed by atoms with Crippen molar-refractivity contribution in [1.82, 2.24) is 15.0 Å². The first kappa shape index (κ1) is 13.7. The van der Waals surface area contributed by atoms with E-state index in [1.807, 2.05) is 13.8 Å². The Morgan fingerprint density at radius 2 is 1.80 bits per heavy atom. The van der Waals surface area contributed by atoms with Crippen LogP contribution in [0.2, 0.25) is 0 Å². The van der Waals surface area contributed by atoms with Crippen LogP contribution in [0.5, 0.6) is 0 Å². The summed E-state index contributed by atoms with van der Waals surface area (Å²) in [4.78, 5) is 22.1. The van der Waals surface area contributed by atoms with Crippen LogP contribution in [0.4, 0.5) is 0 Å². The molecule has 1 aromatic heterocycles. The highest BCUT2D eigenvalue weighted by molar-refractivity contribution is 6.02. The molecule has 0 fully saturated rings. The minimum Gasteiger partial charge on any atom is -0.478 e. The first-order valence-electron chi connectivity index (χ1n) is 5.93. The van der Waals surface area contributed by atoms with Gasteiger partial charge < -0.3 is 10.2 Å². The van der Waals surface area contributed by atoms with Crippen molar-refractivity contribution in [2.45, 2.75) is 19.9 Å². The van der Waals surface area contributed by atoms with Gasteiger partial charge in [-0.1, -0.05) is 11.3 Å². The van der Waals surface area contributed by atoms with Gasteiger partial charge in [0.15, 0.2) is 0 Å². The molecule has 0 bridgehead atoms. The van der Waals surface area contributed by atoms with Crippen LogP contribution >= 0.6 is 0 Å². The summed E-state index contributed by atoms with van der Waals surface area (Å²) < 4.78 is 1.64. The lowest BCUT2D eigenvalue weighted by Gasteiger charge is -2.04. The quantitative estimate of drug-likeness (QED) is 0.883. The van der Waals surface area contributed by atoms with Crippen molar-refractivity contribution in [2.24, 2.45) is 0 Å². The van der Waals surface area contributed by atoms with E-state index in [1.54, 1.807) is 10.9 Å². The van der Waals surface area contributed by atoms with Crippen molar-refractivity contribution in [3.8, 4) is 11.3 Å². The van der Waals surface area contributed by atoms with E-state index in [4.69, 9.17) is 10.2 Å². The van der Waals surface area contributed by atoms with Gasteiger partial charge in [0.1, 0.15) is 5.69 Å². The molecule has 0 spiro atoms. The smallest absolute Gasteiger partial charge is 0.336 e. The Bertz CT molecular complexity index is 676. The molecule has 1 aromatic carbocycles. The van der Waals surface area contributed by atoms with Crippen molar-refractivity contribution in [3.05, 3.63) is 35.5 Å². The number of carbonyl (C=O) groups is 2. The summed E-state index contributed by atoms with van der Waals surface area (Å²) in [5.41, 5.74) is 0.490. The molecular weight excluding hydrogens is 262 g/mol. The highest BCUT2D eigenvalue weighted by Crippen LogP contribution is 2.21. The lowest BCUT2D eigenvalue weighted by Crippen LogP contribution is -2.08. The summed E-state index contributed by atoms with van der Waals surface area (Å²) >= 11 is 0. The third kappa shape index (κ3) is 2.51. The number of aromatic nitrogens is 3. The Balaban J connectivity index is 2.50. The molecule has 104 valence electrons. The van der Waals surface area contributed by atoms with E-state index in [0.29, 0.717) is 11.3 Å². The minimum atomic E-state index is -1.29.